The first-order chi connectivity index (χ1) is 21.9. The van der Waals surface area contributed by atoms with Crippen LogP contribution in [0, 0.1) is 6.92 Å². The van der Waals surface area contributed by atoms with E-state index in [4.69, 9.17) is 20.2 Å². The quantitative estimate of drug-likeness (QED) is 0.256. The molecule has 0 bridgehead atoms. The van der Waals surface area contributed by atoms with E-state index < -0.39 is 5.91 Å². The molecule has 45 heavy (non-hydrogen) atoms. The van der Waals surface area contributed by atoms with Crippen molar-refractivity contribution in [2.45, 2.75) is 6.92 Å². The van der Waals surface area contributed by atoms with Crippen LogP contribution in [-0.4, -0.2) is 69.6 Å². The Labute approximate surface area is 260 Å². The number of morpholine rings is 1. The lowest BCUT2D eigenvalue weighted by molar-refractivity contribution is 0.0322. The molecular weight excluding hydrogens is 570 g/mol. The van der Waals surface area contributed by atoms with Crippen molar-refractivity contribution in [2.75, 3.05) is 50.5 Å². The van der Waals surface area contributed by atoms with Crippen molar-refractivity contribution in [3.8, 4) is 34.0 Å². The molecule has 3 aromatic carbocycles. The molecule has 0 aliphatic carbocycles. The summed E-state index contributed by atoms with van der Waals surface area (Å²) in [5.74, 6) is 0.600. The van der Waals surface area contributed by atoms with Gasteiger partial charge in [-0.2, -0.15) is 0 Å². The van der Waals surface area contributed by atoms with Crippen LogP contribution in [0.25, 0.3) is 28.2 Å². The Kier molecular flexibility index (Phi) is 8.72. The summed E-state index contributed by atoms with van der Waals surface area (Å²) in [7, 11) is 1.75. The SMILES string of the molecule is Cc1c(C(=O)Nc2ccc(-c3nc(-c4ccc(OCCN5CCOCC5)cc4)cnc3N)cc2)c(=O)n(-c2ccccc2)n1C. The summed E-state index contributed by atoms with van der Waals surface area (Å²) in [6, 6.07) is 24.1. The third-order valence-electron chi connectivity index (χ3n) is 7.93. The number of nitrogen functional groups attached to an aromatic ring is 1. The van der Waals surface area contributed by atoms with Gasteiger partial charge in [0.15, 0.2) is 0 Å². The molecule has 3 N–H and O–H groups in total. The summed E-state index contributed by atoms with van der Waals surface area (Å²) >= 11 is 0. The summed E-state index contributed by atoms with van der Waals surface area (Å²) in [5, 5.41) is 2.85. The van der Waals surface area contributed by atoms with Crippen LogP contribution in [0.2, 0.25) is 0 Å². The third kappa shape index (κ3) is 6.49. The van der Waals surface area contributed by atoms with Gasteiger partial charge in [0.25, 0.3) is 11.5 Å². The number of nitrogens with one attached hydrogen (secondary N) is 1. The van der Waals surface area contributed by atoms with Gasteiger partial charge in [0, 0.05) is 43.5 Å². The Balaban J connectivity index is 1.13. The minimum absolute atomic E-state index is 0.0850. The van der Waals surface area contributed by atoms with Crippen LogP contribution < -0.4 is 21.3 Å². The molecule has 2 aromatic heterocycles. The highest BCUT2D eigenvalue weighted by molar-refractivity contribution is 6.05. The Morgan fingerprint density at radius 2 is 1.67 bits per heavy atom. The second kappa shape index (κ2) is 13.2. The van der Waals surface area contributed by atoms with Gasteiger partial charge in [0.1, 0.15) is 29.4 Å². The number of hydrogen-bond donors (Lipinski definition) is 2. The number of carbonyl (C=O) groups is 1. The molecule has 0 saturated carbocycles. The number of nitrogens with two attached hydrogens (primary N) is 1. The maximum atomic E-state index is 13.2. The van der Waals surface area contributed by atoms with Crippen molar-refractivity contribution in [2.24, 2.45) is 7.05 Å². The topological polar surface area (TPSA) is 130 Å². The van der Waals surface area contributed by atoms with E-state index in [0.29, 0.717) is 40.9 Å². The molecule has 3 heterocycles. The summed E-state index contributed by atoms with van der Waals surface area (Å²) in [5.41, 5.74) is 10.5. The molecule has 0 unspecified atom stereocenters. The predicted octanol–water partition coefficient (Wildman–Crippen LogP) is 4.15. The lowest BCUT2D eigenvalue weighted by Gasteiger charge is -2.26. The highest BCUT2D eigenvalue weighted by Crippen LogP contribution is 2.28. The third-order valence-corrected chi connectivity index (χ3v) is 7.93. The fraction of sp³-hybridized carbons (Fsp3) is 0.235. The summed E-state index contributed by atoms with van der Waals surface area (Å²) < 4.78 is 14.5. The molecule has 5 aromatic rings. The number of benzene rings is 3. The van der Waals surface area contributed by atoms with Crippen LogP contribution in [-0.2, 0) is 11.8 Å². The normalized spacial score (nSPS) is 13.5. The Morgan fingerprint density at radius 3 is 2.38 bits per heavy atom. The van der Waals surface area contributed by atoms with Gasteiger partial charge in [0.05, 0.1) is 36.5 Å². The van der Waals surface area contributed by atoms with Crippen molar-refractivity contribution in [3.05, 3.63) is 107 Å². The second-order valence-electron chi connectivity index (χ2n) is 10.8. The van der Waals surface area contributed by atoms with Gasteiger partial charge in [-0.15, -0.1) is 0 Å². The smallest absolute Gasteiger partial charge is 0.284 e. The highest BCUT2D eigenvalue weighted by atomic mass is 16.5. The first-order valence-electron chi connectivity index (χ1n) is 14.8. The molecule has 0 spiro atoms. The lowest BCUT2D eigenvalue weighted by atomic mass is 10.1. The van der Waals surface area contributed by atoms with Crippen LogP contribution >= 0.6 is 0 Å². The van der Waals surface area contributed by atoms with Crippen LogP contribution in [0.15, 0.2) is 89.9 Å². The molecule has 0 atom stereocenters. The zero-order chi connectivity index (χ0) is 31.3. The van der Waals surface area contributed by atoms with E-state index in [9.17, 15) is 9.59 Å². The maximum Gasteiger partial charge on any atom is 0.284 e. The number of nitrogens with zero attached hydrogens (tertiary/aromatic N) is 5. The van der Waals surface area contributed by atoms with Crippen molar-refractivity contribution in [1.29, 1.82) is 0 Å². The zero-order valence-corrected chi connectivity index (χ0v) is 25.3. The van der Waals surface area contributed by atoms with Gasteiger partial charge in [0.2, 0.25) is 0 Å². The van der Waals surface area contributed by atoms with Gasteiger partial charge in [-0.25, -0.2) is 14.6 Å². The number of ether oxygens (including phenoxy) is 2. The van der Waals surface area contributed by atoms with E-state index in [1.54, 1.807) is 37.0 Å². The summed E-state index contributed by atoms with van der Waals surface area (Å²) in [4.78, 5) is 38.0. The highest BCUT2D eigenvalue weighted by Gasteiger charge is 2.22. The van der Waals surface area contributed by atoms with Gasteiger partial charge in [-0.3, -0.25) is 19.2 Å². The lowest BCUT2D eigenvalue weighted by Crippen LogP contribution is -2.38. The Morgan fingerprint density at radius 1 is 0.978 bits per heavy atom. The number of anilines is 2. The Hall–Kier alpha value is -5.26. The van der Waals surface area contributed by atoms with Gasteiger partial charge in [-0.1, -0.05) is 30.3 Å². The number of para-hydroxylation sites is 1. The summed E-state index contributed by atoms with van der Waals surface area (Å²) in [6.07, 6.45) is 1.64. The van der Waals surface area contributed by atoms with Crippen molar-refractivity contribution in [3.63, 3.8) is 0 Å². The van der Waals surface area contributed by atoms with Crippen molar-refractivity contribution >= 4 is 17.4 Å². The van der Waals surface area contributed by atoms with E-state index in [-0.39, 0.29) is 11.1 Å². The largest absolute Gasteiger partial charge is 0.492 e. The number of rotatable bonds is 9. The number of amides is 1. The average Bonchev–Trinajstić information content (AvgIpc) is 3.29. The van der Waals surface area contributed by atoms with Gasteiger partial charge in [-0.05, 0) is 55.5 Å². The van der Waals surface area contributed by atoms with E-state index in [1.807, 2.05) is 66.7 Å². The van der Waals surface area contributed by atoms with Crippen LogP contribution in [0.5, 0.6) is 5.75 Å². The van der Waals surface area contributed by atoms with E-state index in [1.165, 1.54) is 4.68 Å². The fourth-order valence-corrected chi connectivity index (χ4v) is 5.32. The van der Waals surface area contributed by atoms with Crippen LogP contribution in [0.1, 0.15) is 16.1 Å². The van der Waals surface area contributed by atoms with Crippen LogP contribution in [0.4, 0.5) is 11.5 Å². The van der Waals surface area contributed by atoms with Crippen molar-refractivity contribution < 1.29 is 14.3 Å². The van der Waals surface area contributed by atoms with E-state index in [2.05, 4.69) is 15.2 Å². The molecule has 1 saturated heterocycles. The van der Waals surface area contributed by atoms with E-state index >= 15 is 0 Å². The fourth-order valence-electron chi connectivity index (χ4n) is 5.32. The molecule has 0 radical (unpaired) electrons. The molecule has 1 aliphatic heterocycles. The molecule has 6 rings (SSSR count). The average molecular weight is 606 g/mol. The first kappa shape index (κ1) is 29.8. The number of carbonyl (C=O) groups excluding carboxylic acids is 1. The van der Waals surface area contributed by atoms with Gasteiger partial charge >= 0.3 is 0 Å². The maximum absolute atomic E-state index is 13.2. The van der Waals surface area contributed by atoms with E-state index in [0.717, 1.165) is 49.7 Å². The minimum atomic E-state index is -0.481. The Bertz CT molecular complexity index is 1840. The molecule has 11 nitrogen and oxygen atoms in total. The van der Waals surface area contributed by atoms with Crippen LogP contribution in [0.3, 0.4) is 0 Å². The molecule has 230 valence electrons. The molecule has 1 fully saturated rings. The molecule has 11 heteroatoms. The van der Waals surface area contributed by atoms with Gasteiger partial charge < -0.3 is 20.5 Å². The standard InChI is InChI=1S/C34H35N7O4/c1-23-30(34(43)41(39(23)2)27-6-4-3-5-7-27)33(42)37-26-12-8-25(9-13-26)31-32(35)36-22-29(38-31)24-10-14-28(15-11-24)45-21-18-40-16-19-44-20-17-40/h3-15,22H,16-21H2,1-2H3,(H2,35,36)(H,37,42). The zero-order valence-electron chi connectivity index (χ0n) is 25.3. The molecular formula is C34H35N7O4. The number of hydrogen-bond acceptors (Lipinski definition) is 8. The summed E-state index contributed by atoms with van der Waals surface area (Å²) in [6.45, 7) is 6.63. The molecule has 1 amide bonds. The monoisotopic (exact) mass is 605 g/mol. The predicted molar refractivity (Wildman–Crippen MR) is 174 cm³/mol. The number of aromatic nitrogens is 4. The minimum Gasteiger partial charge on any atom is -0.492 e. The van der Waals surface area contributed by atoms with Crippen molar-refractivity contribution in [1.82, 2.24) is 24.2 Å². The molecule has 1 aliphatic rings. The second-order valence-corrected chi connectivity index (χ2v) is 10.8. The first-order valence-corrected chi connectivity index (χ1v) is 14.8.